The number of nitrogens with two attached hydrogens (primary N) is 1. The van der Waals surface area contributed by atoms with Crippen LogP contribution in [0, 0.1) is 0 Å². The van der Waals surface area contributed by atoms with Crippen molar-refractivity contribution in [2.75, 3.05) is 6.61 Å². The Balaban J connectivity index is 2.19. The van der Waals surface area contributed by atoms with Gasteiger partial charge in [0.05, 0.1) is 12.0 Å². The maximum absolute atomic E-state index is 13.1. The number of ether oxygens (including phenoxy) is 1. The Morgan fingerprint density at radius 2 is 1.84 bits per heavy atom. The Hall–Kier alpha value is -3.55. The molecule has 0 atom stereocenters. The van der Waals surface area contributed by atoms with Gasteiger partial charge in [-0.25, -0.2) is 4.79 Å². The molecule has 1 amide bonds. The lowest BCUT2D eigenvalue weighted by Crippen LogP contribution is -2.13. The number of aliphatic carboxylic acids is 1. The maximum Gasteiger partial charge on any atom is 0.416 e. The first kappa shape index (κ1) is 22.1. The third kappa shape index (κ3) is 4.79. The van der Waals surface area contributed by atoms with Crippen LogP contribution in [0.3, 0.4) is 0 Å². The number of carbonyl (C=O) groups is 2. The molecule has 0 aliphatic heterocycles. The largest absolute Gasteiger partial charge is 0.481 e. The van der Waals surface area contributed by atoms with E-state index in [0.29, 0.717) is 34.3 Å². The van der Waals surface area contributed by atoms with Crippen LogP contribution >= 0.6 is 0 Å². The minimum absolute atomic E-state index is 0.108. The standard InChI is InChI=1S/C23H20F3NO4/c1-2-15-17(10-13-5-3-6-14(9-13)23(24,25)26)16-7-4-8-19(31-12-21(29)30)22(16)18(15)11-20(27)28/h3-10H,2,11-12H2,1H3,(H2,27,28)(H,29,30)/b17-10-. The molecular weight excluding hydrogens is 411 g/mol. The highest BCUT2D eigenvalue weighted by molar-refractivity contribution is 6.09. The van der Waals surface area contributed by atoms with E-state index in [0.717, 1.165) is 17.7 Å². The van der Waals surface area contributed by atoms with Crippen molar-refractivity contribution in [3.05, 3.63) is 70.3 Å². The average Bonchev–Trinajstić information content (AvgIpc) is 2.98. The van der Waals surface area contributed by atoms with E-state index >= 15 is 0 Å². The summed E-state index contributed by atoms with van der Waals surface area (Å²) in [6.07, 6.45) is -2.47. The zero-order valence-electron chi connectivity index (χ0n) is 16.6. The molecule has 3 rings (SSSR count). The molecule has 0 spiro atoms. The summed E-state index contributed by atoms with van der Waals surface area (Å²) in [6, 6.07) is 9.95. The van der Waals surface area contributed by atoms with E-state index in [2.05, 4.69) is 0 Å². The van der Waals surface area contributed by atoms with Crippen LogP contribution in [0.15, 0.2) is 48.0 Å². The number of rotatable bonds is 7. The topological polar surface area (TPSA) is 89.6 Å². The van der Waals surface area contributed by atoms with Gasteiger partial charge in [-0.1, -0.05) is 31.2 Å². The molecule has 0 heterocycles. The van der Waals surface area contributed by atoms with Crippen molar-refractivity contribution < 1.29 is 32.6 Å². The molecule has 0 saturated heterocycles. The smallest absolute Gasteiger partial charge is 0.416 e. The Morgan fingerprint density at radius 1 is 1.13 bits per heavy atom. The monoisotopic (exact) mass is 431 g/mol. The molecule has 0 fully saturated rings. The Labute approximate surface area is 176 Å². The lowest BCUT2D eigenvalue weighted by molar-refractivity contribution is -0.139. The summed E-state index contributed by atoms with van der Waals surface area (Å²) in [6.45, 7) is 1.29. The molecule has 0 unspecified atom stereocenters. The van der Waals surface area contributed by atoms with E-state index in [9.17, 15) is 22.8 Å². The van der Waals surface area contributed by atoms with Crippen LogP contribution in [-0.2, 0) is 15.8 Å². The van der Waals surface area contributed by atoms with Gasteiger partial charge < -0.3 is 15.6 Å². The fourth-order valence-electron chi connectivity index (χ4n) is 3.71. The second kappa shape index (κ2) is 8.67. The zero-order chi connectivity index (χ0) is 22.8. The summed E-state index contributed by atoms with van der Waals surface area (Å²) in [5, 5.41) is 8.96. The van der Waals surface area contributed by atoms with Crippen molar-refractivity contribution >= 4 is 29.1 Å². The van der Waals surface area contributed by atoms with Gasteiger partial charge in [0.1, 0.15) is 5.75 Å². The number of fused-ring (bicyclic) bond motifs is 1. The van der Waals surface area contributed by atoms with Crippen molar-refractivity contribution in [3.63, 3.8) is 0 Å². The van der Waals surface area contributed by atoms with Crippen molar-refractivity contribution in [1.82, 2.24) is 0 Å². The number of alkyl halides is 3. The molecule has 162 valence electrons. The van der Waals surface area contributed by atoms with E-state index in [1.807, 2.05) is 6.92 Å². The van der Waals surface area contributed by atoms with Crippen LogP contribution in [0.25, 0.3) is 17.2 Å². The number of halogens is 3. The van der Waals surface area contributed by atoms with Crippen molar-refractivity contribution in [2.45, 2.75) is 25.9 Å². The van der Waals surface area contributed by atoms with E-state index in [4.69, 9.17) is 15.6 Å². The summed E-state index contributed by atoms with van der Waals surface area (Å²) in [5.41, 5.74) is 8.18. The van der Waals surface area contributed by atoms with Gasteiger partial charge in [0.25, 0.3) is 0 Å². The maximum atomic E-state index is 13.1. The fraction of sp³-hybridized carbons (Fsp3) is 0.217. The number of hydrogen-bond donors (Lipinski definition) is 2. The molecule has 2 aromatic carbocycles. The Bertz CT molecular complexity index is 1100. The second-order valence-electron chi connectivity index (χ2n) is 7.00. The van der Waals surface area contributed by atoms with Gasteiger partial charge in [0, 0.05) is 5.56 Å². The van der Waals surface area contributed by atoms with Crippen LogP contribution < -0.4 is 10.5 Å². The third-order valence-corrected chi connectivity index (χ3v) is 4.89. The zero-order valence-corrected chi connectivity index (χ0v) is 16.6. The summed E-state index contributed by atoms with van der Waals surface area (Å²) < 4.78 is 44.8. The molecule has 2 aromatic rings. The highest BCUT2D eigenvalue weighted by Gasteiger charge is 2.31. The summed E-state index contributed by atoms with van der Waals surface area (Å²) in [7, 11) is 0. The molecule has 0 radical (unpaired) electrons. The summed E-state index contributed by atoms with van der Waals surface area (Å²) >= 11 is 0. The lowest BCUT2D eigenvalue weighted by Gasteiger charge is -2.12. The molecule has 0 bridgehead atoms. The van der Waals surface area contributed by atoms with Crippen LogP contribution in [0.4, 0.5) is 13.2 Å². The number of benzene rings is 2. The highest BCUT2D eigenvalue weighted by Crippen LogP contribution is 2.48. The normalized spacial score (nSPS) is 14.6. The van der Waals surface area contributed by atoms with Crippen LogP contribution in [0.5, 0.6) is 5.75 Å². The van der Waals surface area contributed by atoms with E-state index in [1.54, 1.807) is 30.3 Å². The van der Waals surface area contributed by atoms with Crippen LogP contribution in [0.2, 0.25) is 0 Å². The van der Waals surface area contributed by atoms with Crippen LogP contribution in [-0.4, -0.2) is 23.6 Å². The van der Waals surface area contributed by atoms with Crippen LogP contribution in [0.1, 0.15) is 42.0 Å². The van der Waals surface area contributed by atoms with E-state index < -0.39 is 30.2 Å². The Morgan fingerprint density at radius 3 is 2.45 bits per heavy atom. The summed E-state index contributed by atoms with van der Waals surface area (Å²) in [5.74, 6) is -1.47. The van der Waals surface area contributed by atoms with Gasteiger partial charge in [-0.05, 0) is 58.5 Å². The van der Waals surface area contributed by atoms with Gasteiger partial charge in [0.15, 0.2) is 6.61 Å². The number of carboxylic acids is 1. The van der Waals surface area contributed by atoms with E-state index in [1.165, 1.54) is 6.07 Å². The highest BCUT2D eigenvalue weighted by atomic mass is 19.4. The minimum Gasteiger partial charge on any atom is -0.481 e. The number of amides is 1. The number of hydrogen-bond acceptors (Lipinski definition) is 3. The number of allylic oxidation sites excluding steroid dienone is 2. The molecule has 31 heavy (non-hydrogen) atoms. The molecule has 0 aromatic heterocycles. The van der Waals surface area contributed by atoms with Gasteiger partial charge in [-0.3, -0.25) is 4.79 Å². The first-order valence-electron chi connectivity index (χ1n) is 9.49. The van der Waals surface area contributed by atoms with Crippen molar-refractivity contribution in [1.29, 1.82) is 0 Å². The second-order valence-corrected chi connectivity index (χ2v) is 7.00. The molecule has 1 aliphatic carbocycles. The molecule has 5 nitrogen and oxygen atoms in total. The quantitative estimate of drug-likeness (QED) is 0.661. The number of carboxylic acid groups (broad SMARTS) is 1. The van der Waals surface area contributed by atoms with Crippen molar-refractivity contribution in [3.8, 4) is 5.75 Å². The summed E-state index contributed by atoms with van der Waals surface area (Å²) in [4.78, 5) is 22.7. The van der Waals surface area contributed by atoms with Gasteiger partial charge >= 0.3 is 12.1 Å². The first-order valence-corrected chi connectivity index (χ1v) is 9.49. The Kier molecular flexibility index (Phi) is 6.19. The minimum atomic E-state index is -4.47. The molecule has 0 saturated carbocycles. The van der Waals surface area contributed by atoms with Gasteiger partial charge in [-0.2, -0.15) is 13.2 Å². The SMILES string of the molecule is CCC1=C(CC(N)=O)c2c(OCC(=O)O)cccc2/C1=C\c1cccc(C(F)(F)F)c1. The predicted molar refractivity (Wildman–Crippen MR) is 110 cm³/mol. The molecule has 8 heteroatoms. The number of carbonyl (C=O) groups excluding carboxylic acids is 1. The third-order valence-electron chi connectivity index (χ3n) is 4.89. The molecule has 1 aliphatic rings. The fourth-order valence-corrected chi connectivity index (χ4v) is 3.71. The first-order chi connectivity index (χ1) is 14.6. The molecule has 3 N–H and O–H groups in total. The van der Waals surface area contributed by atoms with E-state index in [-0.39, 0.29) is 12.2 Å². The average molecular weight is 431 g/mol. The van der Waals surface area contributed by atoms with Gasteiger partial charge in [-0.15, -0.1) is 0 Å². The molecular formula is C23H20F3NO4. The number of primary amides is 1. The lowest BCUT2D eigenvalue weighted by atomic mass is 9.97. The predicted octanol–water partition coefficient (Wildman–Crippen LogP) is 4.76. The van der Waals surface area contributed by atoms with Gasteiger partial charge in [0.2, 0.25) is 5.91 Å². The van der Waals surface area contributed by atoms with Crippen molar-refractivity contribution in [2.24, 2.45) is 5.73 Å².